The molecule has 4 nitrogen and oxygen atoms in total. The summed E-state index contributed by atoms with van der Waals surface area (Å²) in [6.07, 6.45) is 0.740. The zero-order valence-electron chi connectivity index (χ0n) is 17.5. The third kappa shape index (κ3) is 3.93. The van der Waals surface area contributed by atoms with Gasteiger partial charge in [-0.3, -0.25) is 0 Å². The summed E-state index contributed by atoms with van der Waals surface area (Å²) in [6, 6.07) is 3.84. The topological polar surface area (TPSA) is 55.1 Å². The molecule has 0 N–H and O–H groups in total. The molecule has 2 atom stereocenters. The van der Waals surface area contributed by atoms with Crippen molar-refractivity contribution < 1.29 is 13.6 Å². The lowest BCUT2D eigenvalue weighted by atomic mass is 9.85. The normalized spacial score (nSPS) is 24.1. The first-order valence-electron chi connectivity index (χ1n) is 9.30. The monoisotopic (exact) mass is 412 g/mol. The molecule has 1 saturated heterocycles. The lowest BCUT2D eigenvalue weighted by Crippen LogP contribution is -2.46. The fourth-order valence-electron chi connectivity index (χ4n) is 3.24. The van der Waals surface area contributed by atoms with E-state index in [4.69, 9.17) is 20.8 Å². The lowest BCUT2D eigenvalue weighted by Gasteiger charge is -2.43. The molecule has 0 radical (unpaired) electrons. The Bertz CT molecular complexity index is 770. The number of ether oxygens (including phenoxy) is 1. The van der Waals surface area contributed by atoms with Crippen molar-refractivity contribution in [3.8, 4) is 6.07 Å². The van der Waals surface area contributed by atoms with Crippen LogP contribution in [0.2, 0.25) is 23.3 Å². The van der Waals surface area contributed by atoms with Crippen LogP contribution in [-0.4, -0.2) is 19.9 Å². The summed E-state index contributed by atoms with van der Waals surface area (Å²) in [5.74, 6) is -0.670. The molecule has 1 aromatic rings. The fraction of sp³-hybridized carbons (Fsp3) is 0.700. The van der Waals surface area contributed by atoms with E-state index in [0.29, 0.717) is 17.9 Å². The van der Waals surface area contributed by atoms with E-state index in [2.05, 4.69) is 44.9 Å². The van der Waals surface area contributed by atoms with Crippen molar-refractivity contribution in [2.24, 2.45) is 5.92 Å². The molecule has 0 bridgehead atoms. The van der Waals surface area contributed by atoms with Gasteiger partial charge in [-0.05, 0) is 44.5 Å². The first-order valence-corrected chi connectivity index (χ1v) is 12.6. The molecular weight excluding hydrogens is 383 g/mol. The average molecular weight is 413 g/mol. The maximum Gasteiger partial charge on any atom is 0.198 e. The molecule has 0 spiro atoms. The van der Waals surface area contributed by atoms with Gasteiger partial charge < -0.3 is 9.16 Å². The summed E-state index contributed by atoms with van der Waals surface area (Å²) in [5.41, 5.74) is -1.48. The van der Waals surface area contributed by atoms with Crippen LogP contribution in [0.25, 0.3) is 0 Å². The summed E-state index contributed by atoms with van der Waals surface area (Å²) in [5, 5.41) is 9.52. The Kier molecular flexibility index (Phi) is 5.87. The Morgan fingerprint density at radius 2 is 1.96 bits per heavy atom. The predicted octanol–water partition coefficient (Wildman–Crippen LogP) is 5.91. The van der Waals surface area contributed by atoms with Crippen LogP contribution in [0.1, 0.15) is 59.2 Å². The predicted molar refractivity (Wildman–Crippen MR) is 108 cm³/mol. The van der Waals surface area contributed by atoms with Crippen LogP contribution in [0.4, 0.5) is 4.39 Å². The molecule has 0 amide bonds. The third-order valence-corrected chi connectivity index (χ3v) is 10.9. The highest BCUT2D eigenvalue weighted by atomic mass is 35.5. The molecule has 0 aromatic carbocycles. The Labute approximate surface area is 168 Å². The number of rotatable bonds is 4. The zero-order valence-corrected chi connectivity index (χ0v) is 19.3. The van der Waals surface area contributed by atoms with Crippen molar-refractivity contribution in [1.82, 2.24) is 4.98 Å². The lowest BCUT2D eigenvalue weighted by molar-refractivity contribution is 0.0237. The molecule has 1 aliphatic heterocycles. The molecule has 1 fully saturated rings. The van der Waals surface area contributed by atoms with Gasteiger partial charge in [0.05, 0.1) is 11.3 Å². The molecule has 7 heteroatoms. The number of nitrogens with zero attached hydrogens (tertiary/aromatic N) is 2. The number of hydrogen-bond donors (Lipinski definition) is 0. The highest BCUT2D eigenvalue weighted by molar-refractivity contribution is 6.74. The van der Waals surface area contributed by atoms with Gasteiger partial charge in [-0.25, -0.2) is 9.37 Å². The molecule has 1 aromatic heterocycles. The van der Waals surface area contributed by atoms with E-state index in [1.807, 2.05) is 20.8 Å². The van der Waals surface area contributed by atoms with Gasteiger partial charge in [-0.2, -0.15) is 5.26 Å². The molecule has 2 unspecified atom stereocenters. The van der Waals surface area contributed by atoms with Crippen LogP contribution in [0.3, 0.4) is 0 Å². The Balaban J connectivity index is 2.58. The maximum absolute atomic E-state index is 15.0. The van der Waals surface area contributed by atoms with E-state index in [1.165, 1.54) is 0 Å². The van der Waals surface area contributed by atoms with E-state index in [-0.39, 0.29) is 16.1 Å². The molecule has 150 valence electrons. The molecule has 0 aliphatic carbocycles. The highest BCUT2D eigenvalue weighted by Gasteiger charge is 2.47. The van der Waals surface area contributed by atoms with Crippen LogP contribution in [0, 0.1) is 23.1 Å². The van der Waals surface area contributed by atoms with E-state index in [9.17, 15) is 9.65 Å². The second-order valence-corrected chi connectivity index (χ2v) is 14.5. The summed E-state index contributed by atoms with van der Waals surface area (Å²) < 4.78 is 27.3. The quantitative estimate of drug-likeness (QED) is 0.455. The molecular formula is C20H30ClFN2O2Si. The van der Waals surface area contributed by atoms with Crippen molar-refractivity contribution in [1.29, 1.82) is 5.26 Å². The summed E-state index contributed by atoms with van der Waals surface area (Å²) in [4.78, 5) is 4.17. The van der Waals surface area contributed by atoms with E-state index in [1.54, 1.807) is 6.07 Å². The second-order valence-electron chi connectivity index (χ2n) is 9.42. The van der Waals surface area contributed by atoms with Crippen molar-refractivity contribution in [3.05, 3.63) is 28.3 Å². The minimum atomic E-state index is -2.18. The van der Waals surface area contributed by atoms with Gasteiger partial charge in [0.1, 0.15) is 6.07 Å². The van der Waals surface area contributed by atoms with Crippen molar-refractivity contribution in [3.63, 3.8) is 0 Å². The number of aromatic nitrogens is 1. The molecule has 0 saturated carbocycles. The standard InChI is InChI=1S/C20H30ClFN2O2Si/c1-13-9-10-25-20(13,12-23)15-11-14(16(22)17(21)24-15)19(5,6)26-27(7,8)18(2,3)4/h11,13H,9-10H2,1-8H3. The number of hydrogen-bond acceptors (Lipinski definition) is 4. The number of nitriles is 1. The first kappa shape index (κ1) is 22.3. The van der Waals surface area contributed by atoms with E-state index >= 15 is 0 Å². The summed E-state index contributed by atoms with van der Waals surface area (Å²) in [6.45, 7) is 16.7. The van der Waals surface area contributed by atoms with Crippen molar-refractivity contribution in [2.45, 2.75) is 77.3 Å². The molecule has 27 heavy (non-hydrogen) atoms. The summed E-state index contributed by atoms with van der Waals surface area (Å²) >= 11 is 6.14. The fourth-order valence-corrected chi connectivity index (χ4v) is 5.13. The zero-order chi connectivity index (χ0) is 20.8. The van der Waals surface area contributed by atoms with Gasteiger partial charge in [0.15, 0.2) is 24.9 Å². The Morgan fingerprint density at radius 3 is 2.41 bits per heavy atom. The number of halogens is 2. The van der Waals surface area contributed by atoms with Crippen LogP contribution >= 0.6 is 11.6 Å². The van der Waals surface area contributed by atoms with Gasteiger partial charge in [0.25, 0.3) is 0 Å². The third-order valence-electron chi connectivity index (χ3n) is 6.00. The highest BCUT2D eigenvalue weighted by Crippen LogP contribution is 2.45. The summed E-state index contributed by atoms with van der Waals surface area (Å²) in [7, 11) is -2.18. The first-order chi connectivity index (χ1) is 12.2. The Hall–Kier alpha value is -1.00. The van der Waals surface area contributed by atoms with E-state index in [0.717, 1.165) is 6.42 Å². The van der Waals surface area contributed by atoms with E-state index < -0.39 is 25.3 Å². The smallest absolute Gasteiger partial charge is 0.198 e. The maximum atomic E-state index is 15.0. The minimum absolute atomic E-state index is 0.0304. The van der Waals surface area contributed by atoms with Crippen LogP contribution in [-0.2, 0) is 20.4 Å². The SMILES string of the molecule is CC1CCOC1(C#N)c1cc(C(C)(C)O[Si](C)(C)C(C)(C)C)c(F)c(Cl)n1. The largest absolute Gasteiger partial charge is 0.408 e. The van der Waals surface area contributed by atoms with Gasteiger partial charge in [-0.15, -0.1) is 0 Å². The van der Waals surface area contributed by atoms with Gasteiger partial charge in [0, 0.05) is 18.1 Å². The van der Waals surface area contributed by atoms with Crippen molar-refractivity contribution >= 4 is 19.9 Å². The van der Waals surface area contributed by atoms with Crippen molar-refractivity contribution in [2.75, 3.05) is 6.61 Å². The molecule has 2 heterocycles. The molecule has 2 rings (SSSR count). The van der Waals surface area contributed by atoms with Gasteiger partial charge in [0.2, 0.25) is 0 Å². The molecule has 1 aliphatic rings. The van der Waals surface area contributed by atoms with Crippen LogP contribution in [0.15, 0.2) is 6.07 Å². The Morgan fingerprint density at radius 1 is 1.37 bits per heavy atom. The van der Waals surface area contributed by atoms with Crippen LogP contribution < -0.4 is 0 Å². The van der Waals surface area contributed by atoms with Gasteiger partial charge >= 0.3 is 0 Å². The average Bonchev–Trinajstić information content (AvgIpc) is 2.89. The minimum Gasteiger partial charge on any atom is -0.408 e. The van der Waals surface area contributed by atoms with Gasteiger partial charge in [-0.1, -0.05) is 39.3 Å². The second kappa shape index (κ2) is 7.11. The number of pyridine rings is 1. The van der Waals surface area contributed by atoms with Crippen LogP contribution in [0.5, 0.6) is 0 Å².